The van der Waals surface area contributed by atoms with E-state index in [1.54, 1.807) is 53.0 Å². The molecule has 0 saturated carbocycles. The first kappa shape index (κ1) is 30.2. The summed E-state index contributed by atoms with van der Waals surface area (Å²) in [4.78, 5) is 45.9. The zero-order chi connectivity index (χ0) is 29.2. The smallest absolute Gasteiger partial charge is 0.311 e. The third-order valence-corrected chi connectivity index (χ3v) is 10.8. The number of ether oxygens (including phenoxy) is 2. The molecule has 0 radical (unpaired) electrons. The molecule has 2 amide bonds. The first-order valence-electron chi connectivity index (χ1n) is 14.1. The van der Waals surface area contributed by atoms with E-state index in [2.05, 4.69) is 13.2 Å². The highest BCUT2D eigenvalue weighted by Crippen LogP contribution is 2.72. The predicted octanol–water partition coefficient (Wildman–Crippen LogP) is 4.22. The van der Waals surface area contributed by atoms with Crippen molar-refractivity contribution in [1.82, 2.24) is 4.90 Å². The number of carbonyl (C=O) groups excluding carboxylic acids is 3. The summed E-state index contributed by atoms with van der Waals surface area (Å²) in [6.07, 6.45) is 6.16. The van der Waals surface area contributed by atoms with E-state index in [1.165, 1.54) is 0 Å². The maximum Gasteiger partial charge on any atom is 0.311 e. The minimum absolute atomic E-state index is 0.101. The van der Waals surface area contributed by atoms with E-state index in [0.717, 1.165) is 6.42 Å². The molecule has 3 fully saturated rings. The number of hydrogen-bond acceptors (Lipinski definition) is 7. The van der Waals surface area contributed by atoms with Gasteiger partial charge in [0.15, 0.2) is 0 Å². The Morgan fingerprint density at radius 1 is 1.23 bits per heavy atom. The number of rotatable bonds is 13. The summed E-state index contributed by atoms with van der Waals surface area (Å²) in [7, 11) is 1.58. The number of nitrogens with zero attached hydrogens (tertiary/aromatic N) is 2. The fourth-order valence-electron chi connectivity index (χ4n) is 6.83. The van der Waals surface area contributed by atoms with Crippen LogP contribution in [0.4, 0.5) is 5.69 Å². The predicted molar refractivity (Wildman–Crippen MR) is 157 cm³/mol. The SMILES string of the molecule is C=CCCCOC(=O)[C@H]1[C@H]2C(=O)N([C@@H](CO)C(C)C)C(C(=O)N(CC=C)c3ccc(OC)cc3)C23CC[C@]1(C)S3. The van der Waals surface area contributed by atoms with Gasteiger partial charge in [-0.25, -0.2) is 0 Å². The molecular formula is C31H42N2O6S. The van der Waals surface area contributed by atoms with Gasteiger partial charge in [-0.3, -0.25) is 14.4 Å². The summed E-state index contributed by atoms with van der Waals surface area (Å²) in [6.45, 7) is 13.7. The molecule has 3 heterocycles. The Bertz CT molecular complexity index is 1140. The molecule has 8 nitrogen and oxygen atoms in total. The highest BCUT2D eigenvalue weighted by atomic mass is 32.2. The van der Waals surface area contributed by atoms with E-state index in [-0.39, 0.29) is 43.5 Å². The first-order chi connectivity index (χ1) is 19.1. The summed E-state index contributed by atoms with van der Waals surface area (Å²) in [6, 6.07) is 5.78. The Morgan fingerprint density at radius 3 is 2.50 bits per heavy atom. The molecule has 0 aromatic heterocycles. The Hall–Kier alpha value is -2.78. The molecule has 9 heteroatoms. The zero-order valence-electron chi connectivity index (χ0n) is 24.0. The minimum atomic E-state index is -0.850. The number of anilines is 1. The van der Waals surface area contributed by atoms with Crippen molar-refractivity contribution in [2.45, 2.75) is 68.0 Å². The molecule has 2 bridgehead atoms. The number of benzene rings is 1. The molecule has 3 aliphatic heterocycles. The van der Waals surface area contributed by atoms with Crippen molar-refractivity contribution in [3.63, 3.8) is 0 Å². The lowest BCUT2D eigenvalue weighted by Crippen LogP contribution is -2.58. The van der Waals surface area contributed by atoms with Crippen molar-refractivity contribution in [2.24, 2.45) is 17.8 Å². The van der Waals surface area contributed by atoms with E-state index < -0.39 is 33.4 Å². The lowest BCUT2D eigenvalue weighted by Gasteiger charge is -2.40. The van der Waals surface area contributed by atoms with Crippen LogP contribution in [0.3, 0.4) is 0 Å². The lowest BCUT2D eigenvalue weighted by molar-refractivity contribution is -0.156. The number of aliphatic hydroxyl groups excluding tert-OH is 1. The van der Waals surface area contributed by atoms with E-state index in [0.29, 0.717) is 30.7 Å². The Balaban J connectivity index is 1.78. The van der Waals surface area contributed by atoms with Crippen LogP contribution in [-0.2, 0) is 19.1 Å². The number of unbranched alkanes of at least 4 members (excludes halogenated alkanes) is 1. The quantitative estimate of drug-likeness (QED) is 0.216. The van der Waals surface area contributed by atoms with Crippen LogP contribution >= 0.6 is 11.8 Å². The van der Waals surface area contributed by atoms with Crippen LogP contribution in [0, 0.1) is 17.8 Å². The second-order valence-corrected chi connectivity index (χ2v) is 13.4. The molecule has 40 heavy (non-hydrogen) atoms. The number of hydrogen-bond donors (Lipinski definition) is 1. The van der Waals surface area contributed by atoms with E-state index in [4.69, 9.17) is 9.47 Å². The van der Waals surface area contributed by atoms with Gasteiger partial charge in [-0.15, -0.1) is 24.9 Å². The highest BCUT2D eigenvalue weighted by molar-refractivity contribution is 8.02. The molecule has 2 unspecified atom stereocenters. The van der Waals surface area contributed by atoms with Crippen molar-refractivity contribution < 1.29 is 29.0 Å². The van der Waals surface area contributed by atoms with E-state index >= 15 is 0 Å². The Morgan fingerprint density at radius 2 is 1.93 bits per heavy atom. The molecule has 1 aromatic carbocycles. The minimum Gasteiger partial charge on any atom is -0.497 e. The average Bonchev–Trinajstić information content (AvgIpc) is 3.50. The number of likely N-dealkylation sites (tertiary alicyclic amines) is 1. The maximum absolute atomic E-state index is 14.7. The summed E-state index contributed by atoms with van der Waals surface area (Å²) in [5.74, 6) is -1.67. The van der Waals surface area contributed by atoms with Crippen LogP contribution < -0.4 is 9.64 Å². The van der Waals surface area contributed by atoms with Crippen LogP contribution in [0.1, 0.15) is 46.5 Å². The topological polar surface area (TPSA) is 96.4 Å². The zero-order valence-corrected chi connectivity index (χ0v) is 24.8. The van der Waals surface area contributed by atoms with Crippen LogP contribution in [0.2, 0.25) is 0 Å². The van der Waals surface area contributed by atoms with Gasteiger partial charge in [-0.1, -0.05) is 26.0 Å². The third kappa shape index (κ3) is 4.96. The van der Waals surface area contributed by atoms with Gasteiger partial charge in [0, 0.05) is 17.0 Å². The van der Waals surface area contributed by atoms with Crippen molar-refractivity contribution in [3.05, 3.63) is 49.6 Å². The fourth-order valence-corrected chi connectivity index (χ4v) is 9.16. The Labute approximate surface area is 241 Å². The van der Waals surface area contributed by atoms with Gasteiger partial charge >= 0.3 is 5.97 Å². The van der Waals surface area contributed by atoms with Gasteiger partial charge < -0.3 is 24.4 Å². The summed E-state index contributed by atoms with van der Waals surface area (Å²) >= 11 is 1.60. The molecule has 1 aromatic rings. The van der Waals surface area contributed by atoms with Crippen LogP contribution in [0.25, 0.3) is 0 Å². The van der Waals surface area contributed by atoms with Crippen molar-refractivity contribution in [1.29, 1.82) is 0 Å². The Kier molecular flexibility index (Phi) is 9.05. The number of esters is 1. The van der Waals surface area contributed by atoms with Gasteiger partial charge in [-0.2, -0.15) is 0 Å². The van der Waals surface area contributed by atoms with Gasteiger partial charge in [0.2, 0.25) is 5.91 Å². The first-order valence-corrected chi connectivity index (χ1v) is 14.9. The van der Waals surface area contributed by atoms with Crippen molar-refractivity contribution in [2.75, 3.05) is 31.8 Å². The number of aliphatic hydroxyl groups is 1. The number of thioether (sulfide) groups is 1. The molecule has 3 aliphatic rings. The summed E-state index contributed by atoms with van der Waals surface area (Å²) in [5, 5.41) is 10.5. The lowest BCUT2D eigenvalue weighted by atomic mass is 9.66. The second-order valence-electron chi connectivity index (χ2n) is 11.5. The van der Waals surface area contributed by atoms with Gasteiger partial charge in [0.05, 0.1) is 42.9 Å². The largest absolute Gasteiger partial charge is 0.497 e. The summed E-state index contributed by atoms with van der Waals surface area (Å²) < 4.78 is 9.68. The number of fused-ring (bicyclic) bond motifs is 1. The van der Waals surface area contributed by atoms with Gasteiger partial charge in [0.1, 0.15) is 11.8 Å². The number of allylic oxidation sites excluding steroid dienone is 1. The molecule has 1 N–H and O–H groups in total. The molecule has 4 rings (SSSR count). The number of amides is 2. The fraction of sp³-hybridized carbons (Fsp3) is 0.581. The van der Waals surface area contributed by atoms with Crippen LogP contribution in [-0.4, -0.2) is 76.2 Å². The second kappa shape index (κ2) is 12.0. The number of methoxy groups -OCH3 is 1. The molecule has 218 valence electrons. The molecule has 1 spiro atoms. The average molecular weight is 571 g/mol. The van der Waals surface area contributed by atoms with Crippen molar-refractivity contribution >= 4 is 35.2 Å². The van der Waals surface area contributed by atoms with E-state index in [9.17, 15) is 19.5 Å². The van der Waals surface area contributed by atoms with Gasteiger partial charge in [-0.05, 0) is 62.8 Å². The maximum atomic E-state index is 14.7. The molecule has 6 atom stereocenters. The standard InChI is InChI=1S/C31H42N2O6S/c1-7-9-10-18-39-29(37)25-24-27(35)33(23(19-34)20(3)4)26(31(24)16-15-30(25,5)40-31)28(36)32(17-8-2)21-11-13-22(38-6)14-12-21/h7-8,11-14,20,23-26,34H,1-2,9-10,15-19H2,3-6H3/t23-,24-,25+,26?,30-,31?/m0/s1. The normalized spacial score (nSPS) is 29.3. The van der Waals surface area contributed by atoms with E-state index in [1.807, 2.05) is 32.9 Å². The van der Waals surface area contributed by atoms with Crippen LogP contribution in [0.15, 0.2) is 49.6 Å². The van der Waals surface area contributed by atoms with Gasteiger partial charge in [0.25, 0.3) is 5.91 Å². The molecule has 3 saturated heterocycles. The summed E-state index contributed by atoms with van der Waals surface area (Å²) in [5.41, 5.74) is 0.657. The monoisotopic (exact) mass is 570 g/mol. The van der Waals surface area contributed by atoms with Crippen LogP contribution in [0.5, 0.6) is 5.75 Å². The van der Waals surface area contributed by atoms with Crippen molar-refractivity contribution in [3.8, 4) is 5.75 Å². The molecular weight excluding hydrogens is 528 g/mol. The third-order valence-electron chi connectivity index (χ3n) is 8.77. The molecule has 0 aliphatic carbocycles. The highest BCUT2D eigenvalue weighted by Gasteiger charge is 2.78. The number of carbonyl (C=O) groups is 3.